The van der Waals surface area contributed by atoms with Gasteiger partial charge in [-0.05, 0) is 12.5 Å². The molecule has 2 aromatic rings. The molecular formula is C13H12N2O3. The van der Waals surface area contributed by atoms with Crippen LogP contribution in [0.4, 0.5) is 5.69 Å². The zero-order valence-electron chi connectivity index (χ0n) is 9.84. The first-order valence-electron chi connectivity index (χ1n) is 5.68. The molecule has 5 heteroatoms. The van der Waals surface area contributed by atoms with Crippen LogP contribution in [-0.2, 0) is 9.53 Å². The molecule has 0 fully saturated rings. The van der Waals surface area contributed by atoms with Gasteiger partial charge in [0.25, 0.3) is 5.91 Å². The highest BCUT2D eigenvalue weighted by molar-refractivity contribution is 5.93. The highest BCUT2D eigenvalue weighted by Crippen LogP contribution is 2.34. The van der Waals surface area contributed by atoms with E-state index in [2.05, 4.69) is 10.5 Å². The van der Waals surface area contributed by atoms with Gasteiger partial charge in [0.05, 0.1) is 0 Å². The Morgan fingerprint density at radius 2 is 2.11 bits per heavy atom. The Morgan fingerprint density at radius 1 is 1.33 bits per heavy atom. The predicted octanol–water partition coefficient (Wildman–Crippen LogP) is 2.04. The Labute approximate surface area is 104 Å². The number of nitrogens with one attached hydrogen (secondary N) is 1. The second kappa shape index (κ2) is 4.27. The number of hydrogen-bond donors (Lipinski definition) is 1. The Balaban J connectivity index is 2.08. The van der Waals surface area contributed by atoms with Crippen molar-refractivity contribution >= 4 is 11.6 Å². The number of ether oxygens (including phenoxy) is 1. The summed E-state index contributed by atoms with van der Waals surface area (Å²) >= 11 is 0. The zero-order valence-corrected chi connectivity index (χ0v) is 9.84. The number of carbonyl (C=O) groups is 1. The standard InChI is InChI=1S/C13H12N2O3/c1-8-11-12(15-18-8)13(17-7-10(16)14-11)9-5-3-2-4-6-9/h2-6,13H,7H2,1H3,(H,14,16). The highest BCUT2D eigenvalue weighted by atomic mass is 16.5. The molecule has 1 aliphatic heterocycles. The summed E-state index contributed by atoms with van der Waals surface area (Å²) in [5.74, 6) is 0.394. The van der Waals surface area contributed by atoms with E-state index in [4.69, 9.17) is 9.26 Å². The number of rotatable bonds is 1. The molecule has 1 aromatic carbocycles. The third kappa shape index (κ3) is 1.78. The smallest absolute Gasteiger partial charge is 0.250 e. The molecule has 3 rings (SSSR count). The summed E-state index contributed by atoms with van der Waals surface area (Å²) in [6.45, 7) is 1.77. The van der Waals surface area contributed by atoms with Crippen LogP contribution in [0.5, 0.6) is 0 Å². The molecule has 1 amide bonds. The van der Waals surface area contributed by atoms with Crippen molar-refractivity contribution in [3.05, 3.63) is 47.3 Å². The third-order valence-electron chi connectivity index (χ3n) is 2.89. The Hall–Kier alpha value is -2.14. The summed E-state index contributed by atoms with van der Waals surface area (Å²) in [4.78, 5) is 11.6. The molecule has 1 N–H and O–H groups in total. The molecule has 0 aliphatic carbocycles. The van der Waals surface area contributed by atoms with Gasteiger partial charge in [0.2, 0.25) is 0 Å². The lowest BCUT2D eigenvalue weighted by molar-refractivity contribution is -0.121. The monoisotopic (exact) mass is 244 g/mol. The van der Waals surface area contributed by atoms with E-state index in [1.165, 1.54) is 0 Å². The first-order valence-corrected chi connectivity index (χ1v) is 5.68. The molecule has 2 heterocycles. The normalized spacial score (nSPS) is 18.9. The van der Waals surface area contributed by atoms with Gasteiger partial charge in [-0.25, -0.2) is 0 Å². The fourth-order valence-electron chi connectivity index (χ4n) is 2.02. The second-order valence-corrected chi connectivity index (χ2v) is 4.15. The van der Waals surface area contributed by atoms with Crippen LogP contribution in [0.1, 0.15) is 23.1 Å². The van der Waals surface area contributed by atoms with Gasteiger partial charge in [0.1, 0.15) is 24.1 Å². The van der Waals surface area contributed by atoms with E-state index in [1.807, 2.05) is 30.3 Å². The first kappa shape index (κ1) is 11.0. The maximum atomic E-state index is 11.6. The van der Waals surface area contributed by atoms with E-state index in [-0.39, 0.29) is 18.6 Å². The molecule has 0 saturated carbocycles. The molecule has 0 radical (unpaired) electrons. The number of anilines is 1. The Bertz CT molecular complexity index is 577. The van der Waals surface area contributed by atoms with Crippen molar-refractivity contribution in [3.8, 4) is 0 Å². The average molecular weight is 244 g/mol. The van der Waals surface area contributed by atoms with Crippen molar-refractivity contribution in [2.24, 2.45) is 0 Å². The second-order valence-electron chi connectivity index (χ2n) is 4.15. The van der Waals surface area contributed by atoms with Crippen LogP contribution in [0.15, 0.2) is 34.9 Å². The molecule has 0 bridgehead atoms. The van der Waals surface area contributed by atoms with E-state index in [0.29, 0.717) is 17.1 Å². The molecule has 0 saturated heterocycles. The SMILES string of the molecule is Cc1onc2c1NC(=O)COC2c1ccccc1. The number of hydrogen-bond acceptors (Lipinski definition) is 4. The van der Waals surface area contributed by atoms with Crippen LogP contribution in [0.2, 0.25) is 0 Å². The lowest BCUT2D eigenvalue weighted by Gasteiger charge is -2.12. The van der Waals surface area contributed by atoms with Gasteiger partial charge in [0.15, 0.2) is 5.76 Å². The van der Waals surface area contributed by atoms with Crippen molar-refractivity contribution in [1.29, 1.82) is 0 Å². The van der Waals surface area contributed by atoms with E-state index in [9.17, 15) is 4.79 Å². The Kier molecular flexibility index (Phi) is 2.60. The summed E-state index contributed by atoms with van der Waals surface area (Å²) in [6.07, 6.45) is -0.377. The van der Waals surface area contributed by atoms with Crippen LogP contribution < -0.4 is 5.32 Å². The number of amides is 1. The molecule has 1 atom stereocenters. The number of aryl methyl sites for hydroxylation is 1. The molecule has 92 valence electrons. The minimum absolute atomic E-state index is 0.00929. The molecule has 1 aliphatic rings. The Morgan fingerprint density at radius 3 is 2.89 bits per heavy atom. The van der Waals surface area contributed by atoms with Gasteiger partial charge in [0, 0.05) is 0 Å². The van der Waals surface area contributed by atoms with Gasteiger partial charge in [-0.1, -0.05) is 35.5 Å². The average Bonchev–Trinajstić information content (AvgIpc) is 2.65. The van der Waals surface area contributed by atoms with Crippen LogP contribution in [0.3, 0.4) is 0 Å². The van der Waals surface area contributed by atoms with Crippen LogP contribution in [-0.4, -0.2) is 17.7 Å². The maximum Gasteiger partial charge on any atom is 0.250 e. The van der Waals surface area contributed by atoms with E-state index in [0.717, 1.165) is 5.56 Å². The van der Waals surface area contributed by atoms with Crippen molar-refractivity contribution in [2.75, 3.05) is 11.9 Å². The molecule has 0 spiro atoms. The summed E-state index contributed by atoms with van der Waals surface area (Å²) in [6, 6.07) is 9.65. The fraction of sp³-hybridized carbons (Fsp3) is 0.231. The largest absolute Gasteiger partial charge is 0.359 e. The number of carbonyl (C=O) groups excluding carboxylic acids is 1. The number of nitrogens with zero attached hydrogens (tertiary/aromatic N) is 1. The van der Waals surface area contributed by atoms with Crippen LogP contribution in [0.25, 0.3) is 0 Å². The molecule has 5 nitrogen and oxygen atoms in total. The molecule has 1 aromatic heterocycles. The van der Waals surface area contributed by atoms with E-state index >= 15 is 0 Å². The van der Waals surface area contributed by atoms with E-state index in [1.54, 1.807) is 6.92 Å². The predicted molar refractivity (Wildman–Crippen MR) is 64.1 cm³/mol. The van der Waals surface area contributed by atoms with Crippen molar-refractivity contribution in [3.63, 3.8) is 0 Å². The lowest BCUT2D eigenvalue weighted by Crippen LogP contribution is -2.16. The minimum atomic E-state index is -0.377. The van der Waals surface area contributed by atoms with Gasteiger partial charge >= 0.3 is 0 Å². The quantitative estimate of drug-likeness (QED) is 0.833. The maximum absolute atomic E-state index is 11.6. The third-order valence-corrected chi connectivity index (χ3v) is 2.89. The molecule has 18 heavy (non-hydrogen) atoms. The van der Waals surface area contributed by atoms with Crippen molar-refractivity contribution < 1.29 is 14.1 Å². The van der Waals surface area contributed by atoms with Gasteiger partial charge in [-0.2, -0.15) is 0 Å². The number of aromatic nitrogens is 1. The number of benzene rings is 1. The first-order chi connectivity index (χ1) is 8.75. The number of fused-ring (bicyclic) bond motifs is 1. The van der Waals surface area contributed by atoms with Crippen LogP contribution in [0, 0.1) is 6.92 Å². The summed E-state index contributed by atoms with van der Waals surface area (Å²) < 4.78 is 10.7. The molecular weight excluding hydrogens is 232 g/mol. The summed E-state index contributed by atoms with van der Waals surface area (Å²) in [5.41, 5.74) is 2.18. The van der Waals surface area contributed by atoms with E-state index < -0.39 is 0 Å². The van der Waals surface area contributed by atoms with Crippen molar-refractivity contribution in [1.82, 2.24) is 5.16 Å². The highest BCUT2D eigenvalue weighted by Gasteiger charge is 2.29. The molecule has 1 unspecified atom stereocenters. The topological polar surface area (TPSA) is 64.4 Å². The summed E-state index contributed by atoms with van der Waals surface area (Å²) in [5, 5.41) is 6.74. The fourth-order valence-corrected chi connectivity index (χ4v) is 2.02. The van der Waals surface area contributed by atoms with Gasteiger partial charge in [-0.15, -0.1) is 0 Å². The summed E-state index contributed by atoms with van der Waals surface area (Å²) in [7, 11) is 0. The van der Waals surface area contributed by atoms with Crippen molar-refractivity contribution in [2.45, 2.75) is 13.0 Å². The lowest BCUT2D eigenvalue weighted by atomic mass is 10.1. The zero-order chi connectivity index (χ0) is 12.5. The van der Waals surface area contributed by atoms with Gasteiger partial charge in [-0.3, -0.25) is 4.79 Å². The van der Waals surface area contributed by atoms with Gasteiger partial charge < -0.3 is 14.6 Å². The van der Waals surface area contributed by atoms with Crippen LogP contribution >= 0.6 is 0 Å². The minimum Gasteiger partial charge on any atom is -0.359 e.